The zero-order valence-electron chi connectivity index (χ0n) is 10.7. The molecular weight excluding hydrogens is 281 g/mol. The fraction of sp³-hybridized carbons (Fsp3) is 0.364. The van der Waals surface area contributed by atoms with Crippen LogP contribution in [0.15, 0.2) is 30.3 Å². The number of alkyl carbamates (subject to hydrolysis) is 1. The molecule has 0 aliphatic rings. The van der Waals surface area contributed by atoms with Crippen molar-refractivity contribution in [3.63, 3.8) is 0 Å². The first kappa shape index (κ1) is 18.4. The quantitative estimate of drug-likeness (QED) is 0.367. The summed E-state index contributed by atoms with van der Waals surface area (Å²) in [4.78, 5) is 11.2. The summed E-state index contributed by atoms with van der Waals surface area (Å²) in [5.41, 5.74) is 0.856. The minimum absolute atomic E-state index is 0. The summed E-state index contributed by atoms with van der Waals surface area (Å²) in [6.07, 6.45) is -0.561. The van der Waals surface area contributed by atoms with Crippen molar-refractivity contribution in [1.29, 1.82) is 0 Å². The smallest absolute Gasteiger partial charge is 0.748 e. The van der Waals surface area contributed by atoms with E-state index in [1.165, 1.54) is 0 Å². The molecule has 1 N–H and O–H groups in total. The summed E-state index contributed by atoms with van der Waals surface area (Å²) in [5.74, 6) is -0.494. The van der Waals surface area contributed by atoms with Gasteiger partial charge < -0.3 is 14.6 Å². The van der Waals surface area contributed by atoms with Gasteiger partial charge in [-0.15, -0.1) is 0 Å². The summed E-state index contributed by atoms with van der Waals surface area (Å²) >= 11 is 0. The van der Waals surface area contributed by atoms with Crippen LogP contribution in [0.2, 0.25) is 0 Å². The van der Waals surface area contributed by atoms with E-state index < -0.39 is 22.0 Å². The standard InChI is InChI=1S/C11H15NO5S.Na/c13-11(12-7-4-8-18(14,15)16)17-9-10-5-2-1-3-6-10;/h1-3,5-6H,4,7-9H2,(H,12,13)(H,14,15,16);/q;+1/p-1. The van der Waals surface area contributed by atoms with Crippen molar-refractivity contribution in [3.05, 3.63) is 35.9 Å². The summed E-state index contributed by atoms with van der Waals surface area (Å²) in [7, 11) is -4.22. The van der Waals surface area contributed by atoms with E-state index in [0.717, 1.165) is 5.56 Å². The Morgan fingerprint density at radius 3 is 2.47 bits per heavy atom. The van der Waals surface area contributed by atoms with E-state index >= 15 is 0 Å². The van der Waals surface area contributed by atoms with E-state index in [1.54, 1.807) is 0 Å². The molecule has 100 valence electrons. The first-order valence-corrected chi connectivity index (χ1v) is 6.93. The number of rotatable bonds is 6. The molecule has 1 aromatic carbocycles. The van der Waals surface area contributed by atoms with Gasteiger partial charge in [0, 0.05) is 12.3 Å². The van der Waals surface area contributed by atoms with Crippen molar-refractivity contribution < 1.29 is 52.1 Å². The van der Waals surface area contributed by atoms with Crippen molar-refractivity contribution in [2.75, 3.05) is 12.3 Å². The van der Waals surface area contributed by atoms with Crippen molar-refractivity contribution in [3.8, 4) is 0 Å². The average Bonchev–Trinajstić information content (AvgIpc) is 2.32. The van der Waals surface area contributed by atoms with Crippen LogP contribution in [0.25, 0.3) is 0 Å². The van der Waals surface area contributed by atoms with E-state index in [1.807, 2.05) is 30.3 Å². The van der Waals surface area contributed by atoms with Crippen LogP contribution >= 0.6 is 0 Å². The molecule has 0 aliphatic heterocycles. The van der Waals surface area contributed by atoms with Crippen molar-refractivity contribution >= 4 is 16.2 Å². The molecule has 1 rings (SSSR count). The molecule has 0 fully saturated rings. The van der Waals surface area contributed by atoms with E-state index in [9.17, 15) is 17.8 Å². The van der Waals surface area contributed by atoms with Gasteiger partial charge in [0.05, 0.1) is 10.1 Å². The number of carbonyl (C=O) groups excluding carboxylic acids is 1. The number of hydrogen-bond acceptors (Lipinski definition) is 5. The first-order valence-electron chi connectivity index (χ1n) is 5.35. The summed E-state index contributed by atoms with van der Waals surface area (Å²) in [5, 5.41) is 2.36. The average molecular weight is 295 g/mol. The molecule has 1 aromatic rings. The van der Waals surface area contributed by atoms with Crippen LogP contribution in [-0.4, -0.2) is 31.4 Å². The van der Waals surface area contributed by atoms with Gasteiger partial charge in [0.2, 0.25) is 0 Å². The van der Waals surface area contributed by atoms with E-state index in [-0.39, 0.29) is 49.1 Å². The molecular formula is C11H14NNaO5S. The number of ether oxygens (including phenoxy) is 1. The Labute approximate surface area is 134 Å². The minimum Gasteiger partial charge on any atom is -0.748 e. The summed E-state index contributed by atoms with van der Waals surface area (Å²) < 4.78 is 35.7. The van der Waals surface area contributed by atoms with Gasteiger partial charge >= 0.3 is 35.7 Å². The third-order valence-electron chi connectivity index (χ3n) is 2.05. The third kappa shape index (κ3) is 9.92. The van der Waals surface area contributed by atoms with Crippen molar-refractivity contribution in [2.45, 2.75) is 13.0 Å². The van der Waals surface area contributed by atoms with Crippen molar-refractivity contribution in [1.82, 2.24) is 5.32 Å². The molecule has 8 heteroatoms. The second-order valence-electron chi connectivity index (χ2n) is 3.60. The van der Waals surface area contributed by atoms with Gasteiger partial charge in [-0.3, -0.25) is 0 Å². The Bertz CT molecular complexity index is 477. The van der Waals surface area contributed by atoms with Crippen LogP contribution in [0.5, 0.6) is 0 Å². The Morgan fingerprint density at radius 2 is 1.89 bits per heavy atom. The first-order chi connectivity index (χ1) is 8.47. The maximum atomic E-state index is 11.2. The van der Waals surface area contributed by atoms with Gasteiger partial charge in [0.15, 0.2) is 0 Å². The number of carbonyl (C=O) groups is 1. The predicted octanol–water partition coefficient (Wildman–Crippen LogP) is -2.15. The van der Waals surface area contributed by atoms with Gasteiger partial charge in [0.25, 0.3) is 0 Å². The topological polar surface area (TPSA) is 95.5 Å². The van der Waals surface area contributed by atoms with Crippen molar-refractivity contribution in [2.24, 2.45) is 0 Å². The van der Waals surface area contributed by atoms with Crippen LogP contribution in [-0.2, 0) is 21.5 Å². The fourth-order valence-electron chi connectivity index (χ4n) is 1.21. The second kappa shape index (κ2) is 9.33. The monoisotopic (exact) mass is 295 g/mol. The Hall–Kier alpha value is -0.600. The minimum atomic E-state index is -4.22. The molecule has 0 radical (unpaired) electrons. The van der Waals surface area contributed by atoms with E-state index in [4.69, 9.17) is 4.74 Å². The molecule has 0 aromatic heterocycles. The Balaban J connectivity index is 0.00000324. The maximum Gasteiger partial charge on any atom is 1.00 e. The fourth-order valence-corrected chi connectivity index (χ4v) is 1.71. The van der Waals surface area contributed by atoms with Crippen LogP contribution < -0.4 is 34.9 Å². The van der Waals surface area contributed by atoms with Gasteiger partial charge in [-0.1, -0.05) is 30.3 Å². The molecule has 0 atom stereocenters. The Kier molecular flexibility index (Phi) is 9.03. The largest absolute Gasteiger partial charge is 1.00 e. The zero-order valence-corrected chi connectivity index (χ0v) is 13.5. The predicted molar refractivity (Wildman–Crippen MR) is 63.8 cm³/mol. The molecule has 19 heavy (non-hydrogen) atoms. The number of amides is 1. The molecule has 0 saturated carbocycles. The van der Waals surface area contributed by atoms with E-state index in [0.29, 0.717) is 0 Å². The second-order valence-corrected chi connectivity index (χ2v) is 5.13. The number of nitrogens with one attached hydrogen (secondary N) is 1. The summed E-state index contributed by atoms with van der Waals surface area (Å²) in [6.45, 7) is 0.238. The van der Waals surface area contributed by atoms with Crippen LogP contribution in [0.1, 0.15) is 12.0 Å². The maximum absolute atomic E-state index is 11.2. The molecule has 1 amide bonds. The SMILES string of the molecule is O=C(NCCCS(=O)(=O)[O-])OCc1ccccc1.[Na+]. The number of benzene rings is 1. The summed E-state index contributed by atoms with van der Waals surface area (Å²) in [6, 6.07) is 9.15. The Morgan fingerprint density at radius 1 is 1.26 bits per heavy atom. The molecule has 0 aliphatic carbocycles. The molecule has 0 bridgehead atoms. The van der Waals surface area contributed by atoms with Gasteiger partial charge in [-0.25, -0.2) is 13.2 Å². The van der Waals surface area contributed by atoms with Crippen LogP contribution in [0.4, 0.5) is 4.79 Å². The molecule has 0 heterocycles. The third-order valence-corrected chi connectivity index (χ3v) is 2.84. The van der Waals surface area contributed by atoms with Crippen LogP contribution in [0, 0.1) is 0 Å². The molecule has 0 saturated heterocycles. The van der Waals surface area contributed by atoms with Gasteiger partial charge in [0.1, 0.15) is 6.61 Å². The molecule has 0 unspecified atom stereocenters. The number of hydrogen-bond donors (Lipinski definition) is 1. The molecule has 0 spiro atoms. The van der Waals surface area contributed by atoms with E-state index in [2.05, 4.69) is 5.32 Å². The molecule has 6 nitrogen and oxygen atoms in total. The van der Waals surface area contributed by atoms with Gasteiger partial charge in [-0.2, -0.15) is 0 Å². The normalized spacial score (nSPS) is 10.4. The van der Waals surface area contributed by atoms with Gasteiger partial charge in [-0.05, 0) is 12.0 Å². The zero-order chi connectivity index (χ0) is 13.4. The van der Waals surface area contributed by atoms with Crippen LogP contribution in [0.3, 0.4) is 0 Å².